The van der Waals surface area contributed by atoms with Gasteiger partial charge in [0, 0.05) is 24.2 Å². The lowest BCUT2D eigenvalue weighted by molar-refractivity contribution is 0.0606. The van der Waals surface area contributed by atoms with Gasteiger partial charge in [0.05, 0.1) is 12.0 Å². The number of aromatic nitrogens is 3. The third kappa shape index (κ3) is 3.68. The number of fused-ring (bicyclic) bond motifs is 1. The van der Waals surface area contributed by atoms with Gasteiger partial charge in [-0.1, -0.05) is 18.6 Å². The largest absolute Gasteiger partial charge is 0.465 e. The predicted octanol–water partition coefficient (Wildman–Crippen LogP) is 3.77. The maximum atomic E-state index is 12.5. The molecule has 0 unspecified atom stereocenters. The van der Waals surface area contributed by atoms with Gasteiger partial charge < -0.3 is 14.6 Å². The van der Waals surface area contributed by atoms with Crippen molar-refractivity contribution in [2.24, 2.45) is 0 Å². The summed E-state index contributed by atoms with van der Waals surface area (Å²) in [5.41, 5.74) is 1.58. The SMILES string of the molecule is COC(=O)c1ccc(C(=O)Nc2cccc(-c3nnc4n3CCCCC4)c2)s1. The van der Waals surface area contributed by atoms with Crippen LogP contribution in [0.4, 0.5) is 5.69 Å². The fourth-order valence-corrected chi connectivity index (χ4v) is 4.12. The van der Waals surface area contributed by atoms with Crippen molar-refractivity contribution < 1.29 is 14.3 Å². The third-order valence-electron chi connectivity index (χ3n) is 4.70. The van der Waals surface area contributed by atoms with Crippen LogP contribution in [-0.2, 0) is 17.7 Å². The Balaban J connectivity index is 1.55. The number of ether oxygens (including phenoxy) is 1. The van der Waals surface area contributed by atoms with Crippen molar-refractivity contribution >= 4 is 28.9 Å². The molecule has 1 aliphatic rings. The third-order valence-corrected chi connectivity index (χ3v) is 5.77. The molecule has 3 aromatic rings. The van der Waals surface area contributed by atoms with Gasteiger partial charge in [0.1, 0.15) is 10.7 Å². The van der Waals surface area contributed by atoms with E-state index in [0.717, 1.165) is 54.4 Å². The summed E-state index contributed by atoms with van der Waals surface area (Å²) in [6, 6.07) is 10.8. The number of nitrogens with zero attached hydrogens (tertiary/aromatic N) is 3. The van der Waals surface area contributed by atoms with Crippen LogP contribution >= 0.6 is 11.3 Å². The van der Waals surface area contributed by atoms with E-state index < -0.39 is 5.97 Å². The van der Waals surface area contributed by atoms with Crippen LogP contribution in [0.15, 0.2) is 36.4 Å². The van der Waals surface area contributed by atoms with Crippen molar-refractivity contribution in [1.29, 1.82) is 0 Å². The average Bonchev–Trinajstić information content (AvgIpc) is 3.30. The molecule has 0 spiro atoms. The molecule has 144 valence electrons. The Hall–Kier alpha value is -3.00. The van der Waals surface area contributed by atoms with E-state index in [4.69, 9.17) is 0 Å². The molecule has 2 aromatic heterocycles. The first-order valence-electron chi connectivity index (χ1n) is 9.18. The first kappa shape index (κ1) is 18.4. The number of amides is 1. The Bertz CT molecular complexity index is 1020. The minimum Gasteiger partial charge on any atom is -0.465 e. The van der Waals surface area contributed by atoms with Gasteiger partial charge in [0.2, 0.25) is 0 Å². The second kappa shape index (κ2) is 7.93. The van der Waals surface area contributed by atoms with Gasteiger partial charge in [0.15, 0.2) is 5.82 Å². The molecule has 0 aliphatic carbocycles. The molecular formula is C20H20N4O3S. The lowest BCUT2D eigenvalue weighted by Gasteiger charge is -2.09. The summed E-state index contributed by atoms with van der Waals surface area (Å²) >= 11 is 1.10. The Kier molecular flexibility index (Phi) is 5.21. The van der Waals surface area contributed by atoms with E-state index in [9.17, 15) is 9.59 Å². The first-order valence-corrected chi connectivity index (χ1v) is 9.99. The van der Waals surface area contributed by atoms with Crippen molar-refractivity contribution in [3.05, 3.63) is 52.0 Å². The molecule has 4 rings (SSSR count). The van der Waals surface area contributed by atoms with Gasteiger partial charge in [-0.3, -0.25) is 4.79 Å². The molecule has 1 amide bonds. The van der Waals surface area contributed by atoms with Gasteiger partial charge in [-0.15, -0.1) is 21.5 Å². The van der Waals surface area contributed by atoms with Crippen molar-refractivity contribution in [3.8, 4) is 11.4 Å². The minimum atomic E-state index is -0.446. The lowest BCUT2D eigenvalue weighted by atomic mass is 10.2. The molecule has 3 heterocycles. The smallest absolute Gasteiger partial charge is 0.348 e. The van der Waals surface area contributed by atoms with Crippen molar-refractivity contribution in [2.75, 3.05) is 12.4 Å². The molecule has 7 nitrogen and oxygen atoms in total. The zero-order valence-electron chi connectivity index (χ0n) is 15.5. The van der Waals surface area contributed by atoms with Crippen LogP contribution in [0.5, 0.6) is 0 Å². The Morgan fingerprint density at radius 2 is 1.96 bits per heavy atom. The number of aryl methyl sites for hydroxylation is 1. The summed E-state index contributed by atoms with van der Waals surface area (Å²) in [5.74, 6) is 1.14. The van der Waals surface area contributed by atoms with Crippen LogP contribution in [0.2, 0.25) is 0 Å². The van der Waals surface area contributed by atoms with Gasteiger partial charge in [0.25, 0.3) is 5.91 Å². The van der Waals surface area contributed by atoms with Crippen LogP contribution in [0, 0.1) is 0 Å². The Morgan fingerprint density at radius 3 is 2.82 bits per heavy atom. The summed E-state index contributed by atoms with van der Waals surface area (Å²) in [4.78, 5) is 24.9. The maximum Gasteiger partial charge on any atom is 0.348 e. The number of rotatable bonds is 4. The molecular weight excluding hydrogens is 376 g/mol. The van der Waals surface area contributed by atoms with E-state index in [1.54, 1.807) is 12.1 Å². The number of nitrogens with one attached hydrogen (secondary N) is 1. The number of esters is 1. The first-order chi connectivity index (χ1) is 13.7. The standard InChI is InChI=1S/C20H20N4O3S/c1-27-20(26)16-10-9-15(28-16)19(25)21-14-7-5-6-13(12-14)18-23-22-17-8-3-2-4-11-24(17)18/h5-7,9-10,12H,2-4,8,11H2,1H3,(H,21,25). The lowest BCUT2D eigenvalue weighted by Crippen LogP contribution is -2.10. The number of hydrogen-bond donors (Lipinski definition) is 1. The molecule has 0 radical (unpaired) electrons. The topological polar surface area (TPSA) is 86.1 Å². The van der Waals surface area contributed by atoms with Gasteiger partial charge in [-0.05, 0) is 37.1 Å². The average molecular weight is 396 g/mol. The van der Waals surface area contributed by atoms with Crippen LogP contribution < -0.4 is 5.32 Å². The summed E-state index contributed by atoms with van der Waals surface area (Å²) < 4.78 is 6.86. The fraction of sp³-hybridized carbons (Fsp3) is 0.300. The highest BCUT2D eigenvalue weighted by Crippen LogP contribution is 2.25. The number of thiophene rings is 1. The van der Waals surface area contributed by atoms with Crippen molar-refractivity contribution in [3.63, 3.8) is 0 Å². The highest BCUT2D eigenvalue weighted by molar-refractivity contribution is 7.16. The van der Waals surface area contributed by atoms with E-state index in [1.807, 2.05) is 24.3 Å². The molecule has 8 heteroatoms. The molecule has 1 aromatic carbocycles. The zero-order valence-corrected chi connectivity index (χ0v) is 16.3. The van der Waals surface area contributed by atoms with E-state index >= 15 is 0 Å². The Morgan fingerprint density at radius 1 is 1.11 bits per heavy atom. The summed E-state index contributed by atoms with van der Waals surface area (Å²) in [6.45, 7) is 0.916. The van der Waals surface area contributed by atoms with Gasteiger partial charge in [-0.2, -0.15) is 0 Å². The number of carbonyl (C=O) groups is 2. The second-order valence-corrected chi connectivity index (χ2v) is 7.68. The molecule has 0 saturated heterocycles. The Labute approximate surface area is 166 Å². The normalized spacial score (nSPS) is 13.5. The van der Waals surface area contributed by atoms with Crippen molar-refractivity contribution in [2.45, 2.75) is 32.2 Å². The molecule has 0 fully saturated rings. The van der Waals surface area contributed by atoms with Crippen LogP contribution in [0.1, 0.15) is 44.4 Å². The van der Waals surface area contributed by atoms with E-state index in [-0.39, 0.29) is 5.91 Å². The van der Waals surface area contributed by atoms with E-state index in [0.29, 0.717) is 15.4 Å². The van der Waals surface area contributed by atoms with Crippen LogP contribution in [0.3, 0.4) is 0 Å². The fourth-order valence-electron chi connectivity index (χ4n) is 3.30. The zero-order chi connectivity index (χ0) is 19.5. The summed E-state index contributed by atoms with van der Waals surface area (Å²) in [5, 5.41) is 11.6. The minimum absolute atomic E-state index is 0.266. The number of benzene rings is 1. The molecule has 1 aliphatic heterocycles. The number of methoxy groups -OCH3 is 1. The van der Waals surface area contributed by atoms with E-state index in [1.165, 1.54) is 13.5 Å². The van der Waals surface area contributed by atoms with Crippen LogP contribution in [0.25, 0.3) is 11.4 Å². The van der Waals surface area contributed by atoms with Gasteiger partial charge >= 0.3 is 5.97 Å². The number of hydrogen-bond acceptors (Lipinski definition) is 6. The monoisotopic (exact) mass is 396 g/mol. The summed E-state index contributed by atoms with van der Waals surface area (Å²) in [7, 11) is 1.32. The number of carbonyl (C=O) groups excluding carboxylic acids is 2. The predicted molar refractivity (Wildman–Crippen MR) is 107 cm³/mol. The number of anilines is 1. The second-order valence-electron chi connectivity index (χ2n) is 6.59. The van der Waals surface area contributed by atoms with Crippen LogP contribution in [-0.4, -0.2) is 33.8 Å². The highest BCUT2D eigenvalue weighted by Gasteiger charge is 2.17. The van der Waals surface area contributed by atoms with E-state index in [2.05, 4.69) is 24.8 Å². The molecule has 0 atom stereocenters. The highest BCUT2D eigenvalue weighted by atomic mass is 32.1. The van der Waals surface area contributed by atoms with Crippen molar-refractivity contribution in [1.82, 2.24) is 14.8 Å². The molecule has 0 bridgehead atoms. The summed E-state index contributed by atoms with van der Waals surface area (Å²) in [6.07, 6.45) is 4.41. The quantitative estimate of drug-likeness (QED) is 0.679. The molecule has 28 heavy (non-hydrogen) atoms. The maximum absolute atomic E-state index is 12.5. The molecule has 0 saturated carbocycles. The van der Waals surface area contributed by atoms with Gasteiger partial charge in [-0.25, -0.2) is 4.79 Å². The molecule has 1 N–H and O–H groups in total.